The third-order valence-electron chi connectivity index (χ3n) is 7.18. The van der Waals surface area contributed by atoms with Crippen LogP contribution in [0.2, 0.25) is 0 Å². The van der Waals surface area contributed by atoms with Crippen molar-refractivity contribution in [2.24, 2.45) is 11.8 Å². The van der Waals surface area contributed by atoms with Gasteiger partial charge in [0.2, 0.25) is 23.6 Å². The fourth-order valence-corrected chi connectivity index (χ4v) is 4.54. The normalized spacial score (nSPS) is 15.3. The van der Waals surface area contributed by atoms with Crippen LogP contribution in [0.5, 0.6) is 0 Å². The quantitative estimate of drug-likeness (QED) is 0.103. The first-order valence-electron chi connectivity index (χ1n) is 16.1. The van der Waals surface area contributed by atoms with Crippen LogP contribution in [0.3, 0.4) is 0 Å². The molecule has 0 saturated carbocycles. The van der Waals surface area contributed by atoms with Crippen LogP contribution >= 0.6 is 0 Å². The molecule has 14 nitrogen and oxygen atoms in total. The molecule has 0 fully saturated rings. The van der Waals surface area contributed by atoms with Crippen molar-refractivity contribution in [1.82, 2.24) is 26.6 Å². The molecular weight excluding hydrogens is 610 g/mol. The summed E-state index contributed by atoms with van der Waals surface area (Å²) in [6.07, 6.45) is -2.63. The van der Waals surface area contributed by atoms with E-state index in [1.807, 2.05) is 26.8 Å². The Labute approximate surface area is 277 Å². The highest BCUT2D eigenvalue weighted by Gasteiger charge is 2.30. The van der Waals surface area contributed by atoms with Gasteiger partial charge < -0.3 is 46.6 Å². The summed E-state index contributed by atoms with van der Waals surface area (Å²) in [4.78, 5) is 64.1. The lowest BCUT2D eigenvalue weighted by Gasteiger charge is -2.28. The molecule has 8 N–H and O–H groups in total. The third-order valence-corrected chi connectivity index (χ3v) is 7.18. The van der Waals surface area contributed by atoms with E-state index in [1.165, 1.54) is 0 Å². The summed E-state index contributed by atoms with van der Waals surface area (Å²) in [5, 5.41) is 42.4. The highest BCUT2D eigenvalue weighted by molar-refractivity contribution is 5.90. The minimum atomic E-state index is -1.31. The fourth-order valence-electron chi connectivity index (χ4n) is 4.54. The van der Waals surface area contributed by atoms with E-state index < -0.39 is 85.2 Å². The fraction of sp³-hybridized carbons (Fsp3) is 0.667. The predicted molar refractivity (Wildman–Crippen MR) is 176 cm³/mol. The smallest absolute Gasteiger partial charge is 0.408 e. The van der Waals surface area contributed by atoms with Crippen molar-refractivity contribution in [1.29, 1.82) is 0 Å². The molecule has 0 aliphatic heterocycles. The summed E-state index contributed by atoms with van der Waals surface area (Å²) < 4.78 is 5.30. The summed E-state index contributed by atoms with van der Waals surface area (Å²) in [5.41, 5.74) is -0.00540. The van der Waals surface area contributed by atoms with E-state index in [1.54, 1.807) is 52.0 Å². The van der Waals surface area contributed by atoms with Gasteiger partial charge in [0.1, 0.15) is 17.7 Å². The van der Waals surface area contributed by atoms with Crippen LogP contribution in [0, 0.1) is 11.8 Å². The molecule has 1 unspecified atom stereocenters. The van der Waals surface area contributed by atoms with Gasteiger partial charge in [0.05, 0.1) is 37.8 Å². The van der Waals surface area contributed by atoms with Crippen LogP contribution in [-0.2, 0) is 30.3 Å². The largest absolute Gasteiger partial charge is 0.444 e. The molecule has 0 radical (unpaired) electrons. The topological polar surface area (TPSA) is 215 Å². The Kier molecular flexibility index (Phi) is 18.0. The molecule has 47 heavy (non-hydrogen) atoms. The van der Waals surface area contributed by atoms with Gasteiger partial charge in [-0.1, -0.05) is 64.4 Å². The number of hydrogen-bond acceptors (Lipinski definition) is 9. The molecule has 0 aromatic heterocycles. The van der Waals surface area contributed by atoms with E-state index in [9.17, 15) is 34.2 Å². The monoisotopic (exact) mass is 665 g/mol. The summed E-state index contributed by atoms with van der Waals surface area (Å²) in [6, 6.07) is 6.20. The second-order valence-corrected chi connectivity index (χ2v) is 13.2. The van der Waals surface area contributed by atoms with Crippen LogP contribution in [0.15, 0.2) is 30.3 Å². The zero-order chi connectivity index (χ0) is 35.7. The van der Waals surface area contributed by atoms with E-state index in [-0.39, 0.29) is 24.8 Å². The van der Waals surface area contributed by atoms with Gasteiger partial charge in [-0.15, -0.1) is 0 Å². The van der Waals surface area contributed by atoms with Crippen molar-refractivity contribution >= 4 is 29.7 Å². The van der Waals surface area contributed by atoms with Gasteiger partial charge in [0, 0.05) is 13.0 Å². The average Bonchev–Trinajstić information content (AvgIpc) is 2.99. The van der Waals surface area contributed by atoms with Crippen molar-refractivity contribution in [2.75, 3.05) is 19.7 Å². The van der Waals surface area contributed by atoms with Gasteiger partial charge in [0.15, 0.2) is 0 Å². The minimum Gasteiger partial charge on any atom is -0.444 e. The lowest BCUT2D eigenvalue weighted by molar-refractivity contribution is -0.132. The Bertz CT molecular complexity index is 1140. The predicted octanol–water partition coefficient (Wildman–Crippen LogP) is 0.521. The highest BCUT2D eigenvalue weighted by atomic mass is 16.6. The molecular formula is C33H55N5O9. The van der Waals surface area contributed by atoms with E-state index in [0.717, 1.165) is 5.56 Å². The van der Waals surface area contributed by atoms with Crippen molar-refractivity contribution in [3.8, 4) is 0 Å². The Morgan fingerprint density at radius 2 is 1.51 bits per heavy atom. The molecule has 1 aromatic carbocycles. The number of benzene rings is 1. The molecule has 0 saturated heterocycles. The van der Waals surface area contributed by atoms with Crippen molar-refractivity contribution in [3.05, 3.63) is 35.9 Å². The number of aliphatic hydroxyl groups excluding tert-OH is 3. The Balaban J connectivity index is 2.89. The van der Waals surface area contributed by atoms with Crippen molar-refractivity contribution < 1.29 is 44.0 Å². The molecule has 0 heterocycles. The second kappa shape index (κ2) is 20.5. The van der Waals surface area contributed by atoms with E-state index in [2.05, 4.69) is 26.6 Å². The Morgan fingerprint density at radius 1 is 0.872 bits per heavy atom. The van der Waals surface area contributed by atoms with Gasteiger partial charge in [0.25, 0.3) is 0 Å². The first kappa shape index (κ1) is 41.3. The number of aliphatic hydroxyl groups is 3. The van der Waals surface area contributed by atoms with Gasteiger partial charge in [-0.2, -0.15) is 0 Å². The molecule has 0 aliphatic rings. The number of hydrogen-bond donors (Lipinski definition) is 8. The SMILES string of the molecule is CC[C@H](C)[C@H](NC(=O)C[C@H](O)[C@H](CC(C)C)NC(=O)CNC(=O)[C@H](Cc1ccccc1)NC(=O)OC(C)(C)C)C(=O)NCC(O)CO. The lowest BCUT2D eigenvalue weighted by atomic mass is 9.95. The Hall–Kier alpha value is -3.75. The maximum absolute atomic E-state index is 13.1. The molecule has 1 aromatic rings. The molecule has 266 valence electrons. The van der Waals surface area contributed by atoms with Gasteiger partial charge in [-0.3, -0.25) is 19.2 Å². The minimum absolute atomic E-state index is 0.0254. The number of alkyl carbamates (subject to hydrolysis) is 1. The number of ether oxygens (including phenoxy) is 1. The van der Waals surface area contributed by atoms with E-state index in [4.69, 9.17) is 9.84 Å². The van der Waals surface area contributed by atoms with Crippen LogP contribution < -0.4 is 26.6 Å². The number of nitrogens with one attached hydrogen (secondary N) is 5. The molecule has 6 atom stereocenters. The number of carbonyl (C=O) groups excluding carboxylic acids is 5. The second-order valence-electron chi connectivity index (χ2n) is 13.2. The first-order valence-corrected chi connectivity index (χ1v) is 16.1. The van der Waals surface area contributed by atoms with Crippen LogP contribution in [-0.4, -0.2) is 101 Å². The maximum Gasteiger partial charge on any atom is 0.408 e. The summed E-state index contributed by atoms with van der Waals surface area (Å²) in [6.45, 7) is 11.3. The third kappa shape index (κ3) is 17.1. The van der Waals surface area contributed by atoms with E-state index in [0.29, 0.717) is 12.8 Å². The number of amides is 5. The molecule has 0 bridgehead atoms. The van der Waals surface area contributed by atoms with Crippen LogP contribution in [0.1, 0.15) is 73.3 Å². The zero-order valence-electron chi connectivity index (χ0n) is 28.7. The van der Waals surface area contributed by atoms with Crippen molar-refractivity contribution in [3.63, 3.8) is 0 Å². The average molecular weight is 666 g/mol. The molecule has 0 aliphatic carbocycles. The standard InChI is InChI=1S/C33H55N5O9/c1-8-21(4)29(31(45)34-17-23(40)19-39)38-27(42)16-26(41)24(14-20(2)3)36-28(43)18-35-30(44)25(15-22-12-10-9-11-13-22)37-32(46)47-33(5,6)7/h9-13,20-21,23-26,29,39-41H,8,14-19H2,1-7H3,(H,34,45)(H,35,44)(H,36,43)(H,37,46)(H,38,42)/t21-,23?,24-,25-,26-,29-/m0/s1. The molecule has 1 rings (SSSR count). The lowest BCUT2D eigenvalue weighted by Crippen LogP contribution is -2.54. The van der Waals surface area contributed by atoms with Gasteiger partial charge in [-0.25, -0.2) is 4.79 Å². The first-order chi connectivity index (χ1) is 21.9. The summed E-state index contributed by atoms with van der Waals surface area (Å²) in [7, 11) is 0. The maximum atomic E-state index is 13.1. The van der Waals surface area contributed by atoms with Gasteiger partial charge >= 0.3 is 6.09 Å². The molecule has 0 spiro atoms. The van der Waals surface area contributed by atoms with Crippen LogP contribution in [0.4, 0.5) is 4.79 Å². The van der Waals surface area contributed by atoms with Crippen LogP contribution in [0.25, 0.3) is 0 Å². The van der Waals surface area contributed by atoms with E-state index >= 15 is 0 Å². The zero-order valence-corrected chi connectivity index (χ0v) is 28.7. The molecule has 5 amide bonds. The Morgan fingerprint density at radius 3 is 2.06 bits per heavy atom. The number of carbonyl (C=O) groups is 5. The molecule has 14 heteroatoms. The number of rotatable bonds is 19. The highest BCUT2D eigenvalue weighted by Crippen LogP contribution is 2.14. The summed E-state index contributed by atoms with van der Waals surface area (Å²) >= 11 is 0. The summed E-state index contributed by atoms with van der Waals surface area (Å²) in [5.74, 6) is -2.63. The van der Waals surface area contributed by atoms with Gasteiger partial charge in [-0.05, 0) is 44.6 Å². The van der Waals surface area contributed by atoms with Crippen molar-refractivity contribution in [2.45, 2.75) is 110 Å².